The number of rotatable bonds is 9. The van der Waals surface area contributed by atoms with Crippen LogP contribution in [0.1, 0.15) is 32.6 Å². The maximum absolute atomic E-state index is 12.2. The Morgan fingerprint density at radius 3 is 2.80 bits per heavy atom. The molecule has 0 saturated carbocycles. The van der Waals surface area contributed by atoms with Crippen molar-refractivity contribution in [2.24, 2.45) is 5.92 Å². The van der Waals surface area contributed by atoms with Gasteiger partial charge >= 0.3 is 0 Å². The molecule has 2 rings (SSSR count). The molecule has 2 N–H and O–H groups in total. The largest absolute Gasteiger partial charge is 0.487 e. The van der Waals surface area contributed by atoms with Crippen molar-refractivity contribution in [3.05, 3.63) is 23.2 Å². The summed E-state index contributed by atoms with van der Waals surface area (Å²) >= 11 is 6.20. The van der Waals surface area contributed by atoms with Gasteiger partial charge in [-0.3, -0.25) is 4.79 Å². The predicted octanol–water partition coefficient (Wildman–Crippen LogP) is 3.90. The third-order valence-electron chi connectivity index (χ3n) is 4.16. The van der Waals surface area contributed by atoms with E-state index in [0.717, 1.165) is 32.4 Å². The SMILES string of the molecule is CCOCCOc1c(Cl)cccc1NC(=O)CCC1CCNCC1.Cl. The van der Waals surface area contributed by atoms with Gasteiger partial charge in [0.1, 0.15) is 6.61 Å². The van der Waals surface area contributed by atoms with Gasteiger partial charge in [-0.2, -0.15) is 0 Å². The summed E-state index contributed by atoms with van der Waals surface area (Å²) in [6.45, 7) is 5.58. The molecule has 0 bridgehead atoms. The van der Waals surface area contributed by atoms with E-state index in [1.54, 1.807) is 12.1 Å². The van der Waals surface area contributed by atoms with E-state index in [0.29, 0.717) is 48.6 Å². The highest BCUT2D eigenvalue weighted by atomic mass is 35.5. The first-order valence-corrected chi connectivity index (χ1v) is 9.08. The second kappa shape index (κ2) is 12.4. The highest BCUT2D eigenvalue weighted by Gasteiger charge is 2.16. The van der Waals surface area contributed by atoms with E-state index in [-0.39, 0.29) is 18.3 Å². The van der Waals surface area contributed by atoms with Crippen molar-refractivity contribution in [3.63, 3.8) is 0 Å². The Morgan fingerprint density at radius 1 is 1.32 bits per heavy atom. The minimum Gasteiger partial charge on any atom is -0.487 e. The molecular weight excluding hydrogens is 363 g/mol. The van der Waals surface area contributed by atoms with Crippen molar-refractivity contribution < 1.29 is 14.3 Å². The molecule has 0 unspecified atom stereocenters. The molecule has 0 aromatic heterocycles. The van der Waals surface area contributed by atoms with E-state index in [9.17, 15) is 4.79 Å². The van der Waals surface area contributed by atoms with E-state index in [1.165, 1.54) is 0 Å². The van der Waals surface area contributed by atoms with Gasteiger partial charge in [-0.05, 0) is 57.3 Å². The quantitative estimate of drug-likeness (QED) is 0.627. The number of carbonyl (C=O) groups excluding carboxylic acids is 1. The van der Waals surface area contributed by atoms with E-state index >= 15 is 0 Å². The number of anilines is 1. The van der Waals surface area contributed by atoms with Crippen LogP contribution in [-0.4, -0.2) is 38.8 Å². The summed E-state index contributed by atoms with van der Waals surface area (Å²) in [5.41, 5.74) is 0.620. The van der Waals surface area contributed by atoms with Crippen LogP contribution in [0.5, 0.6) is 5.75 Å². The molecule has 7 heteroatoms. The zero-order valence-electron chi connectivity index (χ0n) is 14.7. The minimum atomic E-state index is 0. The molecule has 142 valence electrons. The smallest absolute Gasteiger partial charge is 0.224 e. The molecule has 0 aliphatic carbocycles. The van der Waals surface area contributed by atoms with E-state index in [4.69, 9.17) is 21.1 Å². The molecular formula is C18H28Cl2N2O3. The number of hydrogen-bond acceptors (Lipinski definition) is 4. The molecule has 1 aliphatic rings. The Morgan fingerprint density at radius 2 is 2.08 bits per heavy atom. The third-order valence-corrected chi connectivity index (χ3v) is 4.46. The topological polar surface area (TPSA) is 59.6 Å². The molecule has 1 fully saturated rings. The second-order valence-electron chi connectivity index (χ2n) is 5.94. The zero-order valence-corrected chi connectivity index (χ0v) is 16.3. The van der Waals surface area contributed by atoms with Gasteiger partial charge in [-0.15, -0.1) is 12.4 Å². The van der Waals surface area contributed by atoms with E-state index in [1.807, 2.05) is 13.0 Å². The van der Waals surface area contributed by atoms with Gasteiger partial charge in [0.05, 0.1) is 17.3 Å². The van der Waals surface area contributed by atoms with Gasteiger partial charge in [0.25, 0.3) is 0 Å². The van der Waals surface area contributed by atoms with Crippen LogP contribution in [0.25, 0.3) is 0 Å². The number of amides is 1. The highest BCUT2D eigenvalue weighted by molar-refractivity contribution is 6.32. The molecule has 1 heterocycles. The van der Waals surface area contributed by atoms with Crippen molar-refractivity contribution in [3.8, 4) is 5.75 Å². The fraction of sp³-hybridized carbons (Fsp3) is 0.611. The van der Waals surface area contributed by atoms with Gasteiger partial charge in [0.2, 0.25) is 5.91 Å². The summed E-state index contributed by atoms with van der Waals surface area (Å²) in [7, 11) is 0. The number of benzene rings is 1. The van der Waals surface area contributed by atoms with Gasteiger partial charge in [-0.25, -0.2) is 0 Å². The Balaban J connectivity index is 0.00000312. The summed E-state index contributed by atoms with van der Waals surface area (Å²) in [6, 6.07) is 5.37. The number of hydrogen-bond donors (Lipinski definition) is 2. The summed E-state index contributed by atoms with van der Waals surface area (Å²) in [5, 5.41) is 6.76. The molecule has 1 aromatic rings. The lowest BCUT2D eigenvalue weighted by atomic mass is 9.93. The molecule has 0 spiro atoms. The van der Waals surface area contributed by atoms with Crippen molar-refractivity contribution in [1.82, 2.24) is 5.32 Å². The average Bonchev–Trinajstić information content (AvgIpc) is 2.60. The van der Waals surface area contributed by atoms with Gasteiger partial charge in [0.15, 0.2) is 5.75 Å². The van der Waals surface area contributed by atoms with Crippen LogP contribution in [0, 0.1) is 5.92 Å². The molecule has 1 saturated heterocycles. The first kappa shape index (κ1) is 22.0. The molecule has 25 heavy (non-hydrogen) atoms. The van der Waals surface area contributed by atoms with Gasteiger partial charge in [-0.1, -0.05) is 17.7 Å². The molecule has 0 atom stereocenters. The Bertz CT molecular complexity index is 523. The van der Waals surface area contributed by atoms with Crippen molar-refractivity contribution in [1.29, 1.82) is 0 Å². The molecule has 5 nitrogen and oxygen atoms in total. The number of carbonyl (C=O) groups is 1. The van der Waals surface area contributed by atoms with Crippen LogP contribution in [0.2, 0.25) is 5.02 Å². The third kappa shape index (κ3) is 7.82. The number of halogens is 2. The van der Waals surface area contributed by atoms with E-state index < -0.39 is 0 Å². The molecule has 0 radical (unpaired) electrons. The van der Waals surface area contributed by atoms with Crippen LogP contribution in [-0.2, 0) is 9.53 Å². The van der Waals surface area contributed by atoms with Crippen molar-refractivity contribution in [2.45, 2.75) is 32.6 Å². The number of ether oxygens (including phenoxy) is 2. The van der Waals surface area contributed by atoms with E-state index in [2.05, 4.69) is 10.6 Å². The maximum atomic E-state index is 12.2. The first-order chi connectivity index (χ1) is 11.7. The average molecular weight is 391 g/mol. The second-order valence-corrected chi connectivity index (χ2v) is 6.35. The minimum absolute atomic E-state index is 0. The van der Waals surface area contributed by atoms with Crippen LogP contribution < -0.4 is 15.4 Å². The zero-order chi connectivity index (χ0) is 17.2. The number of nitrogens with one attached hydrogen (secondary N) is 2. The van der Waals surface area contributed by atoms with Gasteiger partial charge in [0, 0.05) is 13.0 Å². The number of piperidine rings is 1. The summed E-state index contributed by atoms with van der Waals surface area (Å²) in [4.78, 5) is 12.2. The van der Waals surface area contributed by atoms with Gasteiger partial charge < -0.3 is 20.1 Å². The standard InChI is InChI=1S/C18H27ClN2O3.ClH/c1-2-23-12-13-24-18-15(19)4-3-5-16(18)21-17(22)7-6-14-8-10-20-11-9-14;/h3-5,14,20H,2,6-13H2,1H3,(H,21,22);1H. The number of para-hydroxylation sites is 1. The Kier molecular flexibility index (Phi) is 10.9. The molecule has 1 aromatic carbocycles. The van der Waals surface area contributed by atoms with Crippen LogP contribution in [0.3, 0.4) is 0 Å². The maximum Gasteiger partial charge on any atom is 0.224 e. The highest BCUT2D eigenvalue weighted by Crippen LogP contribution is 2.33. The predicted molar refractivity (Wildman–Crippen MR) is 104 cm³/mol. The molecule has 1 aliphatic heterocycles. The first-order valence-electron chi connectivity index (χ1n) is 8.70. The summed E-state index contributed by atoms with van der Waals surface area (Å²) in [6.07, 6.45) is 3.75. The normalized spacial score (nSPS) is 14.6. The summed E-state index contributed by atoms with van der Waals surface area (Å²) in [5.74, 6) is 1.15. The molecule has 1 amide bonds. The van der Waals surface area contributed by atoms with Crippen LogP contribution in [0.4, 0.5) is 5.69 Å². The van der Waals surface area contributed by atoms with Crippen LogP contribution in [0.15, 0.2) is 18.2 Å². The van der Waals surface area contributed by atoms with Crippen molar-refractivity contribution in [2.75, 3.05) is 38.2 Å². The fourth-order valence-corrected chi connectivity index (χ4v) is 3.05. The van der Waals surface area contributed by atoms with Crippen LogP contribution >= 0.6 is 24.0 Å². The summed E-state index contributed by atoms with van der Waals surface area (Å²) < 4.78 is 10.9. The lowest BCUT2D eigenvalue weighted by molar-refractivity contribution is -0.116. The lowest BCUT2D eigenvalue weighted by Crippen LogP contribution is -2.28. The lowest BCUT2D eigenvalue weighted by Gasteiger charge is -2.22. The fourth-order valence-electron chi connectivity index (χ4n) is 2.82. The Labute approximate surface area is 161 Å². The monoisotopic (exact) mass is 390 g/mol. The Hall–Kier alpha value is -1.01. The van der Waals surface area contributed by atoms with Crippen molar-refractivity contribution >= 4 is 35.6 Å².